The predicted octanol–water partition coefficient (Wildman–Crippen LogP) is 0.485. The number of nitro groups is 1. The normalized spacial score (nSPS) is 12.9. The van der Waals surface area contributed by atoms with Crippen LogP contribution >= 0.6 is 0 Å². The maximum absolute atomic E-state index is 13.0. The van der Waals surface area contributed by atoms with Gasteiger partial charge in [0.25, 0.3) is 0 Å². The van der Waals surface area contributed by atoms with Crippen molar-refractivity contribution in [2.45, 2.75) is 17.9 Å². The molecule has 2 N–H and O–H groups in total. The van der Waals surface area contributed by atoms with E-state index in [0.717, 1.165) is 13.0 Å². The van der Waals surface area contributed by atoms with E-state index in [-0.39, 0.29) is 0 Å². The van der Waals surface area contributed by atoms with E-state index in [2.05, 4.69) is 0 Å². The highest BCUT2D eigenvalue weighted by Crippen LogP contribution is 2.21. The third kappa shape index (κ3) is 3.45. The number of carboxylic acids is 1. The van der Waals surface area contributed by atoms with Gasteiger partial charge in [-0.15, -0.1) is 0 Å². The van der Waals surface area contributed by atoms with Crippen LogP contribution < -0.4 is 4.72 Å². The lowest BCUT2D eigenvalue weighted by Crippen LogP contribution is -2.38. The van der Waals surface area contributed by atoms with Gasteiger partial charge < -0.3 is 5.11 Å². The van der Waals surface area contributed by atoms with Crippen LogP contribution in [0.5, 0.6) is 0 Å². The Morgan fingerprint density at radius 3 is 2.58 bits per heavy atom. The molecular formula is C9H9FN2O6S. The quantitative estimate of drug-likeness (QED) is 0.600. The Kier molecular flexibility index (Phi) is 4.17. The van der Waals surface area contributed by atoms with Gasteiger partial charge in [0.2, 0.25) is 15.8 Å². The smallest absolute Gasteiger partial charge is 0.321 e. The molecule has 0 bridgehead atoms. The Bertz CT molecular complexity index is 630. The zero-order valence-corrected chi connectivity index (χ0v) is 10.3. The Hall–Kier alpha value is -2.07. The molecule has 1 rings (SSSR count). The van der Waals surface area contributed by atoms with Crippen LogP contribution in [0, 0.1) is 15.9 Å². The van der Waals surface area contributed by atoms with Gasteiger partial charge in [0.1, 0.15) is 6.04 Å². The first-order chi connectivity index (χ1) is 8.65. The van der Waals surface area contributed by atoms with E-state index in [0.29, 0.717) is 12.1 Å². The molecule has 1 aromatic carbocycles. The summed E-state index contributed by atoms with van der Waals surface area (Å²) in [6.45, 7) is 1.08. The number of hydrogen-bond acceptors (Lipinski definition) is 5. The summed E-state index contributed by atoms with van der Waals surface area (Å²) < 4.78 is 38.3. The Morgan fingerprint density at radius 1 is 1.53 bits per heavy atom. The molecule has 0 heterocycles. The number of carbonyl (C=O) groups is 1. The van der Waals surface area contributed by atoms with Gasteiger partial charge in [0, 0.05) is 6.07 Å². The molecule has 104 valence electrons. The average Bonchev–Trinajstić information content (AvgIpc) is 2.27. The molecule has 19 heavy (non-hydrogen) atoms. The first-order valence-corrected chi connectivity index (χ1v) is 6.32. The zero-order chi connectivity index (χ0) is 14.8. The number of halogens is 1. The van der Waals surface area contributed by atoms with E-state index >= 15 is 0 Å². The van der Waals surface area contributed by atoms with E-state index in [1.54, 1.807) is 4.72 Å². The molecule has 0 aliphatic rings. The molecule has 1 aromatic rings. The molecule has 0 saturated heterocycles. The van der Waals surface area contributed by atoms with Crippen molar-refractivity contribution in [3.05, 3.63) is 34.1 Å². The van der Waals surface area contributed by atoms with Crippen LogP contribution in [-0.2, 0) is 14.8 Å². The second-order valence-corrected chi connectivity index (χ2v) is 5.27. The van der Waals surface area contributed by atoms with Gasteiger partial charge in [-0.2, -0.15) is 9.11 Å². The molecule has 0 aromatic heterocycles. The molecule has 0 saturated carbocycles. The maximum atomic E-state index is 13.0. The standard InChI is InChI=1S/C9H9FN2O6S/c1-5(9(13)14)11-19(17,18)6-2-3-7(10)8(4-6)12(15)16/h2-5,11H,1H3,(H,13,14)/t5-/m1/s1. The highest BCUT2D eigenvalue weighted by Gasteiger charge is 2.25. The number of hydrogen-bond donors (Lipinski definition) is 2. The number of sulfonamides is 1. The molecule has 0 aliphatic heterocycles. The van der Waals surface area contributed by atoms with Crippen LogP contribution in [-0.4, -0.2) is 30.5 Å². The van der Waals surface area contributed by atoms with Gasteiger partial charge in [0.15, 0.2) is 0 Å². The van der Waals surface area contributed by atoms with E-state index in [1.165, 1.54) is 0 Å². The number of nitro benzene ring substituents is 1. The molecule has 0 unspecified atom stereocenters. The fourth-order valence-corrected chi connectivity index (χ4v) is 2.37. The molecule has 0 amide bonds. The summed E-state index contributed by atoms with van der Waals surface area (Å²) in [6, 6.07) is 0.526. The highest BCUT2D eigenvalue weighted by molar-refractivity contribution is 7.89. The zero-order valence-electron chi connectivity index (χ0n) is 9.53. The fraction of sp³-hybridized carbons (Fsp3) is 0.222. The number of benzene rings is 1. The first-order valence-electron chi connectivity index (χ1n) is 4.84. The van der Waals surface area contributed by atoms with Gasteiger partial charge >= 0.3 is 11.7 Å². The summed E-state index contributed by atoms with van der Waals surface area (Å²) in [5, 5.41) is 19.1. The van der Waals surface area contributed by atoms with Crippen molar-refractivity contribution in [2.75, 3.05) is 0 Å². The summed E-state index contributed by atoms with van der Waals surface area (Å²) in [5.74, 6) is -2.60. The van der Waals surface area contributed by atoms with Crippen LogP contribution in [0.4, 0.5) is 10.1 Å². The topological polar surface area (TPSA) is 127 Å². The fourth-order valence-electron chi connectivity index (χ4n) is 1.15. The van der Waals surface area contributed by atoms with Crippen molar-refractivity contribution in [3.63, 3.8) is 0 Å². The largest absolute Gasteiger partial charge is 0.480 e. The minimum absolute atomic E-state index is 0.520. The predicted molar refractivity (Wildman–Crippen MR) is 60.5 cm³/mol. The van der Waals surface area contributed by atoms with Gasteiger partial charge in [-0.05, 0) is 19.1 Å². The van der Waals surface area contributed by atoms with Crippen LogP contribution in [0.3, 0.4) is 0 Å². The molecular weight excluding hydrogens is 283 g/mol. The monoisotopic (exact) mass is 292 g/mol. The molecule has 8 nitrogen and oxygen atoms in total. The second kappa shape index (κ2) is 5.28. The minimum Gasteiger partial charge on any atom is -0.480 e. The highest BCUT2D eigenvalue weighted by atomic mass is 32.2. The second-order valence-electron chi connectivity index (χ2n) is 3.55. The molecule has 1 atom stereocenters. The van der Waals surface area contributed by atoms with E-state index in [4.69, 9.17) is 5.11 Å². The number of aliphatic carboxylic acids is 1. The average molecular weight is 292 g/mol. The molecule has 0 radical (unpaired) electrons. The lowest BCUT2D eigenvalue weighted by atomic mass is 10.3. The molecule has 10 heteroatoms. The summed E-state index contributed by atoms with van der Waals surface area (Å²) in [7, 11) is -4.28. The van der Waals surface area contributed by atoms with Crippen molar-refractivity contribution < 1.29 is 27.6 Å². The van der Waals surface area contributed by atoms with Crippen LogP contribution in [0.25, 0.3) is 0 Å². The minimum atomic E-state index is -4.28. The summed E-state index contributed by atoms with van der Waals surface area (Å²) >= 11 is 0. The summed E-state index contributed by atoms with van der Waals surface area (Å²) in [4.78, 5) is 19.4. The van der Waals surface area contributed by atoms with Crippen LogP contribution in [0.15, 0.2) is 23.1 Å². The third-order valence-electron chi connectivity index (χ3n) is 2.13. The third-order valence-corrected chi connectivity index (χ3v) is 3.67. The van der Waals surface area contributed by atoms with Crippen molar-refractivity contribution in [1.82, 2.24) is 4.72 Å². The van der Waals surface area contributed by atoms with Gasteiger partial charge in [-0.1, -0.05) is 0 Å². The van der Waals surface area contributed by atoms with Gasteiger partial charge in [-0.25, -0.2) is 8.42 Å². The number of nitrogens with one attached hydrogen (secondary N) is 1. The number of rotatable bonds is 5. The van der Waals surface area contributed by atoms with Gasteiger partial charge in [-0.3, -0.25) is 14.9 Å². The van der Waals surface area contributed by atoms with Crippen LogP contribution in [0.2, 0.25) is 0 Å². The van der Waals surface area contributed by atoms with Crippen molar-refractivity contribution in [3.8, 4) is 0 Å². The molecule has 0 spiro atoms. The Morgan fingerprint density at radius 2 is 2.11 bits per heavy atom. The maximum Gasteiger partial charge on any atom is 0.321 e. The summed E-state index contributed by atoms with van der Waals surface area (Å²) in [6.07, 6.45) is 0. The van der Waals surface area contributed by atoms with Crippen molar-refractivity contribution in [1.29, 1.82) is 0 Å². The SMILES string of the molecule is C[C@@H](NS(=O)(=O)c1ccc(F)c([N+](=O)[O-])c1)C(=O)O. The van der Waals surface area contributed by atoms with Gasteiger partial charge in [0.05, 0.1) is 9.82 Å². The van der Waals surface area contributed by atoms with Crippen molar-refractivity contribution >= 4 is 21.7 Å². The lowest BCUT2D eigenvalue weighted by Gasteiger charge is -2.10. The molecule has 0 aliphatic carbocycles. The number of nitrogens with zero attached hydrogens (tertiary/aromatic N) is 1. The number of carboxylic acid groups (broad SMARTS) is 1. The Balaban J connectivity index is 3.19. The molecule has 0 fully saturated rings. The lowest BCUT2D eigenvalue weighted by molar-refractivity contribution is -0.387. The van der Waals surface area contributed by atoms with E-state index in [9.17, 15) is 27.7 Å². The first kappa shape index (κ1) is 15.0. The summed E-state index contributed by atoms with van der Waals surface area (Å²) in [5.41, 5.74) is -1.01. The van der Waals surface area contributed by atoms with Crippen molar-refractivity contribution in [2.24, 2.45) is 0 Å². The van der Waals surface area contributed by atoms with E-state index in [1.807, 2.05) is 0 Å². The van der Waals surface area contributed by atoms with E-state index < -0.39 is 43.4 Å². The Labute approximate surface area is 107 Å². The van der Waals surface area contributed by atoms with Crippen LogP contribution in [0.1, 0.15) is 6.92 Å².